The Labute approximate surface area is 182 Å². The van der Waals surface area contributed by atoms with E-state index in [-0.39, 0.29) is 23.8 Å². The Morgan fingerprint density at radius 3 is 2.06 bits per heavy atom. The highest BCUT2D eigenvalue weighted by molar-refractivity contribution is 6.00. The Bertz CT molecular complexity index is 922. The van der Waals surface area contributed by atoms with Gasteiger partial charge in [-0.05, 0) is 48.7 Å². The predicted octanol–water partition coefficient (Wildman–Crippen LogP) is 4.37. The Kier molecular flexibility index (Phi) is 7.28. The zero-order chi connectivity index (χ0) is 22.4. The van der Waals surface area contributed by atoms with Gasteiger partial charge in [0.25, 0.3) is 5.91 Å². The summed E-state index contributed by atoms with van der Waals surface area (Å²) in [5.41, 5.74) is 2.43. The van der Waals surface area contributed by atoms with E-state index in [0.29, 0.717) is 23.5 Å². The molecule has 1 aliphatic heterocycles. The second kappa shape index (κ2) is 10.1. The van der Waals surface area contributed by atoms with Crippen molar-refractivity contribution in [2.45, 2.75) is 45.6 Å². The average Bonchev–Trinajstić information content (AvgIpc) is 2.98. The van der Waals surface area contributed by atoms with Crippen LogP contribution in [0.15, 0.2) is 42.5 Å². The second-order valence-corrected chi connectivity index (χ2v) is 7.80. The fourth-order valence-electron chi connectivity index (χ4n) is 3.99. The first-order chi connectivity index (χ1) is 14.9. The number of hydrogen-bond donors (Lipinski definition) is 2. The van der Waals surface area contributed by atoms with Gasteiger partial charge in [0.1, 0.15) is 5.75 Å². The lowest BCUT2D eigenvalue weighted by Crippen LogP contribution is -2.35. The van der Waals surface area contributed by atoms with Crippen molar-refractivity contribution in [2.75, 3.05) is 24.3 Å². The average molecular weight is 424 g/mol. The van der Waals surface area contributed by atoms with Crippen LogP contribution in [0.1, 0.15) is 61.5 Å². The van der Waals surface area contributed by atoms with Gasteiger partial charge in [-0.15, -0.1) is 0 Å². The number of nitrogens with one attached hydrogen (secondary N) is 2. The van der Waals surface area contributed by atoms with Crippen molar-refractivity contribution in [3.05, 3.63) is 53.6 Å². The number of anilines is 2. The second-order valence-electron chi connectivity index (χ2n) is 7.80. The summed E-state index contributed by atoms with van der Waals surface area (Å²) in [6.45, 7) is 3.46. The molecule has 0 aromatic heterocycles. The van der Waals surface area contributed by atoms with E-state index in [1.54, 1.807) is 25.3 Å². The Morgan fingerprint density at radius 2 is 1.52 bits per heavy atom. The summed E-state index contributed by atoms with van der Waals surface area (Å²) < 4.78 is 5.26. The molecule has 7 nitrogen and oxygen atoms in total. The molecule has 0 aliphatic carbocycles. The quantitative estimate of drug-likeness (QED) is 0.748. The summed E-state index contributed by atoms with van der Waals surface area (Å²) in [5, 5.41) is 5.42. The summed E-state index contributed by atoms with van der Waals surface area (Å²) >= 11 is 0. The van der Waals surface area contributed by atoms with Gasteiger partial charge in [0.2, 0.25) is 11.8 Å². The molecule has 7 heteroatoms. The normalized spacial score (nSPS) is 16.2. The van der Waals surface area contributed by atoms with Crippen molar-refractivity contribution < 1.29 is 19.1 Å². The summed E-state index contributed by atoms with van der Waals surface area (Å²) in [7, 11) is 1.63. The highest BCUT2D eigenvalue weighted by atomic mass is 16.5. The molecule has 31 heavy (non-hydrogen) atoms. The Balaban J connectivity index is 1.96. The highest BCUT2D eigenvalue weighted by Crippen LogP contribution is 2.33. The number of methoxy groups -OCH3 is 1. The lowest BCUT2D eigenvalue weighted by Gasteiger charge is -2.31. The van der Waals surface area contributed by atoms with E-state index in [1.807, 2.05) is 29.2 Å². The third-order valence-electron chi connectivity index (χ3n) is 5.33. The fraction of sp³-hybridized carbons (Fsp3) is 0.375. The molecule has 1 heterocycles. The van der Waals surface area contributed by atoms with E-state index in [9.17, 15) is 14.4 Å². The van der Waals surface area contributed by atoms with E-state index >= 15 is 0 Å². The minimum absolute atomic E-state index is 0.0467. The monoisotopic (exact) mass is 423 g/mol. The molecule has 2 N–H and O–H groups in total. The summed E-state index contributed by atoms with van der Waals surface area (Å²) in [6, 6.07) is 12.7. The number of ether oxygens (including phenoxy) is 1. The SMILES string of the molecule is COc1ccc([C@H]2CCCCCN2C(=O)c2cc(NC(C)=O)cc(NC(C)=O)c2)cc1. The first-order valence-electron chi connectivity index (χ1n) is 10.5. The van der Waals surface area contributed by atoms with Gasteiger partial charge in [-0.25, -0.2) is 0 Å². The number of amides is 3. The van der Waals surface area contributed by atoms with E-state index in [4.69, 9.17) is 4.74 Å². The predicted molar refractivity (Wildman–Crippen MR) is 120 cm³/mol. The molecule has 3 amide bonds. The van der Waals surface area contributed by atoms with Crippen molar-refractivity contribution in [2.24, 2.45) is 0 Å². The van der Waals surface area contributed by atoms with Gasteiger partial charge < -0.3 is 20.3 Å². The van der Waals surface area contributed by atoms with Crippen LogP contribution in [-0.2, 0) is 9.59 Å². The van der Waals surface area contributed by atoms with E-state index in [0.717, 1.165) is 37.0 Å². The van der Waals surface area contributed by atoms with Gasteiger partial charge in [-0.2, -0.15) is 0 Å². The lowest BCUT2D eigenvalue weighted by atomic mass is 9.99. The van der Waals surface area contributed by atoms with Crippen LogP contribution in [-0.4, -0.2) is 36.3 Å². The molecule has 1 fully saturated rings. The van der Waals surface area contributed by atoms with Crippen molar-refractivity contribution in [1.82, 2.24) is 4.90 Å². The number of rotatable bonds is 5. The standard InChI is InChI=1S/C24H29N3O4/c1-16(28)25-20-13-19(14-21(15-20)26-17(2)29)24(30)27-12-6-4-5-7-23(27)18-8-10-22(31-3)11-9-18/h8-11,13-15,23H,4-7,12H2,1-3H3,(H,25,28)(H,26,29)/t23-/m1/s1. The molecule has 0 radical (unpaired) electrons. The number of likely N-dealkylation sites (tertiary alicyclic amines) is 1. The van der Waals surface area contributed by atoms with Crippen LogP contribution in [0, 0.1) is 0 Å². The highest BCUT2D eigenvalue weighted by Gasteiger charge is 2.28. The first kappa shape index (κ1) is 22.3. The maximum absolute atomic E-state index is 13.6. The van der Waals surface area contributed by atoms with Crippen LogP contribution in [0.2, 0.25) is 0 Å². The summed E-state index contributed by atoms with van der Waals surface area (Å²) in [5.74, 6) is 0.160. The summed E-state index contributed by atoms with van der Waals surface area (Å²) in [4.78, 5) is 38.6. The minimum atomic E-state index is -0.246. The number of carbonyl (C=O) groups excluding carboxylic acids is 3. The van der Waals surface area contributed by atoms with Crippen LogP contribution < -0.4 is 15.4 Å². The Hall–Kier alpha value is -3.35. The molecule has 0 saturated carbocycles. The molecule has 164 valence electrons. The summed E-state index contributed by atoms with van der Waals surface area (Å²) in [6.07, 6.45) is 3.92. The molecular weight excluding hydrogens is 394 g/mol. The molecule has 0 unspecified atom stereocenters. The van der Waals surface area contributed by atoms with Gasteiger partial charge in [-0.1, -0.05) is 25.0 Å². The van der Waals surface area contributed by atoms with Crippen molar-refractivity contribution in [3.63, 3.8) is 0 Å². The zero-order valence-electron chi connectivity index (χ0n) is 18.2. The first-order valence-corrected chi connectivity index (χ1v) is 10.5. The molecule has 3 rings (SSSR count). The fourth-order valence-corrected chi connectivity index (χ4v) is 3.99. The number of nitrogens with zero attached hydrogens (tertiary/aromatic N) is 1. The van der Waals surface area contributed by atoms with Gasteiger partial charge in [-0.3, -0.25) is 14.4 Å². The van der Waals surface area contributed by atoms with Gasteiger partial charge in [0, 0.05) is 37.3 Å². The van der Waals surface area contributed by atoms with Crippen LogP contribution in [0.25, 0.3) is 0 Å². The maximum atomic E-state index is 13.6. The van der Waals surface area contributed by atoms with Crippen LogP contribution >= 0.6 is 0 Å². The van der Waals surface area contributed by atoms with E-state index < -0.39 is 0 Å². The lowest BCUT2D eigenvalue weighted by molar-refractivity contribution is -0.115. The van der Waals surface area contributed by atoms with Crippen LogP contribution in [0.5, 0.6) is 5.75 Å². The van der Waals surface area contributed by atoms with Crippen LogP contribution in [0.3, 0.4) is 0 Å². The van der Waals surface area contributed by atoms with Crippen molar-refractivity contribution >= 4 is 29.1 Å². The molecule has 0 bridgehead atoms. The third-order valence-corrected chi connectivity index (χ3v) is 5.33. The number of benzene rings is 2. The van der Waals surface area contributed by atoms with E-state index in [1.165, 1.54) is 13.8 Å². The molecule has 1 aliphatic rings. The molecule has 1 saturated heterocycles. The minimum Gasteiger partial charge on any atom is -0.497 e. The molecule has 1 atom stereocenters. The van der Waals surface area contributed by atoms with E-state index in [2.05, 4.69) is 10.6 Å². The smallest absolute Gasteiger partial charge is 0.254 e. The van der Waals surface area contributed by atoms with Gasteiger partial charge in [0.15, 0.2) is 0 Å². The van der Waals surface area contributed by atoms with Gasteiger partial charge >= 0.3 is 0 Å². The largest absolute Gasteiger partial charge is 0.497 e. The topological polar surface area (TPSA) is 87.7 Å². The Morgan fingerprint density at radius 1 is 0.903 bits per heavy atom. The molecular formula is C24H29N3O4. The van der Waals surface area contributed by atoms with Crippen LogP contribution in [0.4, 0.5) is 11.4 Å². The number of carbonyl (C=O) groups is 3. The third kappa shape index (κ3) is 5.84. The molecule has 2 aromatic rings. The van der Waals surface area contributed by atoms with Gasteiger partial charge in [0.05, 0.1) is 13.2 Å². The molecule has 0 spiro atoms. The van der Waals surface area contributed by atoms with Crippen molar-refractivity contribution in [3.8, 4) is 5.75 Å². The molecule has 2 aromatic carbocycles. The van der Waals surface area contributed by atoms with Crippen molar-refractivity contribution in [1.29, 1.82) is 0 Å². The number of hydrogen-bond acceptors (Lipinski definition) is 4. The zero-order valence-corrected chi connectivity index (χ0v) is 18.2. The maximum Gasteiger partial charge on any atom is 0.254 e.